The Bertz CT molecular complexity index is 855. The largest absolute Gasteiger partial charge is 0.489 e. The topological polar surface area (TPSA) is 101 Å². The van der Waals surface area contributed by atoms with Gasteiger partial charge < -0.3 is 14.0 Å². The second-order valence-corrected chi connectivity index (χ2v) is 4.72. The van der Waals surface area contributed by atoms with Crippen LogP contribution in [-0.2, 0) is 11.3 Å². The Morgan fingerprint density at radius 1 is 1.45 bits per heavy atom. The molecule has 1 aromatic heterocycles. The Morgan fingerprint density at radius 3 is 2.91 bits per heavy atom. The van der Waals surface area contributed by atoms with E-state index >= 15 is 0 Å². The fourth-order valence-electron chi connectivity index (χ4n) is 2.51. The zero-order chi connectivity index (χ0) is 15.9. The quantitative estimate of drug-likeness (QED) is 0.483. The number of nitro groups is 1. The molecule has 2 heterocycles. The van der Waals surface area contributed by atoms with E-state index in [-0.39, 0.29) is 36.8 Å². The molecular weight excluding hydrogens is 292 g/mol. The number of carbonyl (C=O) groups is 1. The molecule has 3 rings (SSSR count). The number of hydrogen-bond donors (Lipinski definition) is 0. The number of benzene rings is 1. The van der Waals surface area contributed by atoms with Crippen LogP contribution in [-0.4, -0.2) is 28.7 Å². The van der Waals surface area contributed by atoms with Crippen LogP contribution in [0.3, 0.4) is 0 Å². The summed E-state index contributed by atoms with van der Waals surface area (Å²) in [6.45, 7) is 2.25. The summed E-state index contributed by atoms with van der Waals surface area (Å²) < 4.78 is 11.7. The highest BCUT2D eigenvalue weighted by Crippen LogP contribution is 2.32. The molecule has 8 nitrogen and oxygen atoms in total. The highest BCUT2D eigenvalue weighted by Gasteiger charge is 2.24. The summed E-state index contributed by atoms with van der Waals surface area (Å²) in [5, 5.41) is 11.4. The summed E-state index contributed by atoms with van der Waals surface area (Å²) in [6.07, 6.45) is 0. The number of pyridine rings is 1. The molecule has 0 N–H and O–H groups in total. The number of nitro benzene ring substituents is 1. The third-order valence-corrected chi connectivity index (χ3v) is 3.41. The zero-order valence-electron chi connectivity index (χ0n) is 11.7. The van der Waals surface area contributed by atoms with Gasteiger partial charge in [-0.1, -0.05) is 0 Å². The van der Waals surface area contributed by atoms with Gasteiger partial charge in [-0.2, -0.15) is 0 Å². The SMILES string of the molecule is CCOC(=O)c1cc2cc([N+](=O)[O-])cc3c2n(c1=O)CCO3. The molecule has 0 radical (unpaired) electrons. The van der Waals surface area contributed by atoms with Crippen LogP contribution in [0.15, 0.2) is 23.0 Å². The van der Waals surface area contributed by atoms with Crippen molar-refractivity contribution in [1.82, 2.24) is 4.57 Å². The first-order chi connectivity index (χ1) is 10.5. The summed E-state index contributed by atoms with van der Waals surface area (Å²) in [4.78, 5) is 34.8. The molecule has 8 heteroatoms. The van der Waals surface area contributed by atoms with Gasteiger partial charge in [0, 0.05) is 11.5 Å². The van der Waals surface area contributed by atoms with Crippen LogP contribution in [0.5, 0.6) is 5.75 Å². The van der Waals surface area contributed by atoms with Crippen molar-refractivity contribution in [3.8, 4) is 5.75 Å². The van der Waals surface area contributed by atoms with Gasteiger partial charge in [0.1, 0.15) is 12.2 Å². The lowest BCUT2D eigenvalue weighted by Crippen LogP contribution is -2.31. The number of nitrogens with zero attached hydrogens (tertiary/aromatic N) is 2. The maximum absolute atomic E-state index is 12.4. The highest BCUT2D eigenvalue weighted by molar-refractivity contribution is 5.96. The van der Waals surface area contributed by atoms with Crippen molar-refractivity contribution in [2.75, 3.05) is 13.2 Å². The molecule has 1 aromatic carbocycles. The molecular formula is C14H12N2O6. The number of rotatable bonds is 3. The molecule has 0 fully saturated rings. The van der Waals surface area contributed by atoms with Crippen molar-refractivity contribution < 1.29 is 19.2 Å². The van der Waals surface area contributed by atoms with Crippen LogP contribution in [0, 0.1) is 10.1 Å². The summed E-state index contributed by atoms with van der Waals surface area (Å²) in [7, 11) is 0. The molecule has 0 unspecified atom stereocenters. The molecule has 0 spiro atoms. The molecule has 114 valence electrons. The standard InChI is InChI=1S/C14H12N2O6/c1-2-21-14(18)10-6-8-5-9(16(19)20)7-11-12(8)15(13(10)17)3-4-22-11/h5-7H,2-4H2,1H3. The number of aromatic nitrogens is 1. The van der Waals surface area contributed by atoms with Crippen LogP contribution >= 0.6 is 0 Å². The van der Waals surface area contributed by atoms with E-state index in [9.17, 15) is 19.7 Å². The van der Waals surface area contributed by atoms with Crippen LogP contribution < -0.4 is 10.3 Å². The highest BCUT2D eigenvalue weighted by atomic mass is 16.6. The Balaban J connectivity index is 2.34. The first kappa shape index (κ1) is 14.1. The third kappa shape index (κ3) is 2.09. The van der Waals surface area contributed by atoms with Gasteiger partial charge in [0.15, 0.2) is 5.75 Å². The summed E-state index contributed by atoms with van der Waals surface area (Å²) in [5.74, 6) is -0.472. The normalized spacial score (nSPS) is 12.8. The fourth-order valence-corrected chi connectivity index (χ4v) is 2.51. The minimum absolute atomic E-state index is 0.136. The van der Waals surface area contributed by atoms with Crippen molar-refractivity contribution in [2.45, 2.75) is 13.5 Å². The van der Waals surface area contributed by atoms with Crippen molar-refractivity contribution >= 4 is 22.6 Å². The number of esters is 1. The Hall–Kier alpha value is -2.90. The molecule has 2 aromatic rings. The monoisotopic (exact) mass is 304 g/mol. The van der Waals surface area contributed by atoms with E-state index in [0.717, 1.165) is 0 Å². The average molecular weight is 304 g/mol. The van der Waals surface area contributed by atoms with E-state index in [1.807, 2.05) is 0 Å². The lowest BCUT2D eigenvalue weighted by atomic mass is 10.1. The number of non-ortho nitro benzene ring substituents is 1. The maximum Gasteiger partial charge on any atom is 0.343 e. The minimum atomic E-state index is -0.738. The van der Waals surface area contributed by atoms with Crippen LogP contribution in [0.4, 0.5) is 5.69 Å². The molecule has 0 aliphatic carbocycles. The average Bonchev–Trinajstić information content (AvgIpc) is 2.50. The van der Waals surface area contributed by atoms with E-state index in [0.29, 0.717) is 10.9 Å². The summed E-state index contributed by atoms with van der Waals surface area (Å²) in [6, 6.07) is 3.91. The van der Waals surface area contributed by atoms with Crippen LogP contribution in [0.2, 0.25) is 0 Å². The molecule has 1 aliphatic heterocycles. The van der Waals surface area contributed by atoms with Gasteiger partial charge in [0.2, 0.25) is 0 Å². The van der Waals surface area contributed by atoms with Crippen LogP contribution in [0.1, 0.15) is 17.3 Å². The predicted octanol–water partition coefficient (Wildman–Crippen LogP) is 1.48. The van der Waals surface area contributed by atoms with E-state index in [1.54, 1.807) is 6.92 Å². The zero-order valence-corrected chi connectivity index (χ0v) is 11.7. The molecule has 0 saturated carbocycles. The van der Waals surface area contributed by atoms with E-state index in [1.165, 1.54) is 22.8 Å². The van der Waals surface area contributed by atoms with Crippen molar-refractivity contribution in [3.05, 3.63) is 44.2 Å². The Labute approximate surface area is 124 Å². The first-order valence-electron chi connectivity index (χ1n) is 6.69. The second kappa shape index (κ2) is 5.14. The lowest BCUT2D eigenvalue weighted by molar-refractivity contribution is -0.384. The molecule has 0 atom stereocenters. The Kier molecular flexibility index (Phi) is 3.28. The van der Waals surface area contributed by atoms with E-state index in [4.69, 9.17) is 9.47 Å². The molecule has 1 aliphatic rings. The minimum Gasteiger partial charge on any atom is -0.489 e. The first-order valence-corrected chi connectivity index (χ1v) is 6.69. The maximum atomic E-state index is 12.4. The van der Waals surface area contributed by atoms with E-state index < -0.39 is 16.5 Å². The number of carbonyl (C=O) groups excluding carboxylic acids is 1. The van der Waals surface area contributed by atoms with Crippen molar-refractivity contribution in [3.63, 3.8) is 0 Å². The lowest BCUT2D eigenvalue weighted by Gasteiger charge is -2.20. The van der Waals surface area contributed by atoms with Gasteiger partial charge in [-0.3, -0.25) is 14.9 Å². The Morgan fingerprint density at radius 2 is 2.23 bits per heavy atom. The molecule has 0 amide bonds. The second-order valence-electron chi connectivity index (χ2n) is 4.72. The molecule has 0 saturated heterocycles. The van der Waals surface area contributed by atoms with Crippen LogP contribution in [0.25, 0.3) is 10.9 Å². The summed E-state index contributed by atoms with van der Waals surface area (Å²) in [5.41, 5.74) is -0.327. The fraction of sp³-hybridized carbons (Fsp3) is 0.286. The van der Waals surface area contributed by atoms with Gasteiger partial charge >= 0.3 is 5.97 Å². The van der Waals surface area contributed by atoms with Crippen molar-refractivity contribution in [2.24, 2.45) is 0 Å². The van der Waals surface area contributed by atoms with Gasteiger partial charge in [0.05, 0.1) is 29.7 Å². The molecule has 22 heavy (non-hydrogen) atoms. The number of ether oxygens (including phenoxy) is 2. The smallest absolute Gasteiger partial charge is 0.343 e. The number of hydrogen-bond acceptors (Lipinski definition) is 6. The van der Waals surface area contributed by atoms with Crippen molar-refractivity contribution in [1.29, 1.82) is 0 Å². The summed E-state index contributed by atoms with van der Waals surface area (Å²) >= 11 is 0. The van der Waals surface area contributed by atoms with E-state index in [2.05, 4.69) is 0 Å². The predicted molar refractivity (Wildman–Crippen MR) is 76.3 cm³/mol. The van der Waals surface area contributed by atoms with Gasteiger partial charge in [-0.05, 0) is 13.0 Å². The third-order valence-electron chi connectivity index (χ3n) is 3.41. The van der Waals surface area contributed by atoms with Gasteiger partial charge in [0.25, 0.3) is 11.2 Å². The molecule has 0 bridgehead atoms. The van der Waals surface area contributed by atoms with Gasteiger partial charge in [-0.25, -0.2) is 4.79 Å². The van der Waals surface area contributed by atoms with Gasteiger partial charge in [-0.15, -0.1) is 0 Å².